The molecule has 9 nitrogen and oxygen atoms in total. The van der Waals surface area contributed by atoms with Crippen LogP contribution in [0.5, 0.6) is 0 Å². The van der Waals surface area contributed by atoms with E-state index in [1.54, 1.807) is 0 Å². The van der Waals surface area contributed by atoms with Crippen LogP contribution in [0, 0.1) is 0 Å². The minimum Gasteiger partial charge on any atom is -0.756 e. The highest BCUT2D eigenvalue weighted by atomic mass is 31.2. The fourth-order valence-electron chi connectivity index (χ4n) is 4.15. The number of phosphoric acid groups is 1. The lowest BCUT2D eigenvalue weighted by Gasteiger charge is -2.28. The Kier molecular flexibility index (Phi) is 27.8. The molecule has 0 heterocycles. The van der Waals surface area contributed by atoms with Gasteiger partial charge in [-0.2, -0.15) is 0 Å². The highest BCUT2D eigenvalue weighted by molar-refractivity contribution is 7.45. The Hall–Kier alpha value is -2.03. The average molecular weight is 670 g/mol. The van der Waals surface area contributed by atoms with Gasteiger partial charge >= 0.3 is 11.9 Å². The van der Waals surface area contributed by atoms with E-state index in [0.29, 0.717) is 23.9 Å². The number of allylic oxidation sites excluding steroid dienone is 8. The van der Waals surface area contributed by atoms with Crippen molar-refractivity contribution in [1.29, 1.82) is 0 Å². The molecule has 0 N–H and O–H groups in total. The lowest BCUT2D eigenvalue weighted by molar-refractivity contribution is -0.870. The van der Waals surface area contributed by atoms with Crippen LogP contribution >= 0.6 is 7.82 Å². The molecule has 0 saturated heterocycles. The fourth-order valence-corrected chi connectivity index (χ4v) is 4.88. The second kappa shape index (κ2) is 29.1. The van der Waals surface area contributed by atoms with Crippen LogP contribution in [0.15, 0.2) is 48.6 Å². The van der Waals surface area contributed by atoms with Gasteiger partial charge in [-0.15, -0.1) is 0 Å². The van der Waals surface area contributed by atoms with Gasteiger partial charge in [-0.3, -0.25) is 14.2 Å². The molecule has 266 valence electrons. The van der Waals surface area contributed by atoms with Gasteiger partial charge in [-0.1, -0.05) is 101 Å². The molecular weight excluding hydrogens is 605 g/mol. The van der Waals surface area contributed by atoms with Crippen molar-refractivity contribution in [2.24, 2.45) is 0 Å². The Bertz CT molecular complexity index is 939. The van der Waals surface area contributed by atoms with Crippen LogP contribution in [0.1, 0.15) is 117 Å². The van der Waals surface area contributed by atoms with E-state index in [2.05, 4.69) is 55.5 Å². The predicted molar refractivity (Wildman–Crippen MR) is 185 cm³/mol. The number of quaternary nitrogens is 1. The van der Waals surface area contributed by atoms with Crippen LogP contribution < -0.4 is 4.89 Å². The molecule has 0 fully saturated rings. The van der Waals surface area contributed by atoms with E-state index in [1.165, 1.54) is 25.7 Å². The van der Waals surface area contributed by atoms with Crippen molar-refractivity contribution < 1.29 is 42.1 Å². The number of unbranched alkanes of at least 4 members (excludes halogenated alkanes) is 8. The summed E-state index contributed by atoms with van der Waals surface area (Å²) in [4.78, 5) is 36.3. The molecule has 0 rings (SSSR count). The average Bonchev–Trinajstić information content (AvgIpc) is 2.98. The van der Waals surface area contributed by atoms with Gasteiger partial charge in [0.25, 0.3) is 7.82 Å². The van der Waals surface area contributed by atoms with Crippen LogP contribution in [0.2, 0.25) is 0 Å². The van der Waals surface area contributed by atoms with Crippen LogP contribution in [0.4, 0.5) is 0 Å². The molecule has 0 aromatic rings. The van der Waals surface area contributed by atoms with Crippen LogP contribution in [-0.2, 0) is 32.7 Å². The quantitative estimate of drug-likeness (QED) is 0.0248. The summed E-state index contributed by atoms with van der Waals surface area (Å²) >= 11 is 0. The number of carbonyl (C=O) groups is 2. The number of hydrogen-bond acceptors (Lipinski definition) is 8. The zero-order valence-corrected chi connectivity index (χ0v) is 30.4. The van der Waals surface area contributed by atoms with Gasteiger partial charge in [-0.25, -0.2) is 0 Å². The van der Waals surface area contributed by atoms with E-state index < -0.39 is 32.5 Å². The summed E-state index contributed by atoms with van der Waals surface area (Å²) in [5.41, 5.74) is 0. The molecule has 10 heteroatoms. The Morgan fingerprint density at radius 2 is 1.24 bits per heavy atom. The molecule has 0 bridgehead atoms. The number of hydrogen-bond donors (Lipinski definition) is 0. The molecule has 0 radical (unpaired) electrons. The monoisotopic (exact) mass is 669 g/mol. The van der Waals surface area contributed by atoms with E-state index in [4.69, 9.17) is 18.5 Å². The number of ether oxygens (including phenoxy) is 2. The molecular formula is C36H64NO8P. The third-order valence-corrected chi connectivity index (χ3v) is 7.80. The Morgan fingerprint density at radius 1 is 0.696 bits per heavy atom. The minimum absolute atomic E-state index is 0.0355. The Labute approximate surface area is 280 Å². The SMILES string of the molecule is CC/C=C\C/C=C\C/C=C\C/C=C\CCCCCCCCCCC(=O)OC(COC(=O)CCC)COP(=O)([O-])OCC[N+](C)(C)C. The normalized spacial score (nSPS) is 14.5. The van der Waals surface area contributed by atoms with Gasteiger partial charge in [-0.05, 0) is 51.4 Å². The zero-order chi connectivity index (χ0) is 34.4. The zero-order valence-electron chi connectivity index (χ0n) is 29.5. The number of rotatable bonds is 30. The van der Waals surface area contributed by atoms with Crippen molar-refractivity contribution in [2.45, 2.75) is 123 Å². The summed E-state index contributed by atoms with van der Waals surface area (Å²) in [6, 6.07) is 0. The standard InChI is InChI=1S/C36H64NO8P/c1-6-8-9-10-11-12-13-14-15-16-17-18-19-20-21-22-23-24-25-26-27-29-36(39)45-34(32-42-35(38)28-7-2)33-44-46(40,41)43-31-30-37(3,4)5/h8-9,11-12,14-15,17-18,34H,6-7,10,13,16,19-33H2,1-5H3/b9-8-,12-11-,15-14-,18-17-. The highest BCUT2D eigenvalue weighted by Crippen LogP contribution is 2.38. The van der Waals surface area contributed by atoms with Crippen molar-refractivity contribution in [3.05, 3.63) is 48.6 Å². The molecule has 0 aliphatic heterocycles. The first kappa shape index (κ1) is 44.0. The van der Waals surface area contributed by atoms with Crippen molar-refractivity contribution in [1.82, 2.24) is 0 Å². The van der Waals surface area contributed by atoms with Gasteiger partial charge in [0.05, 0.1) is 27.7 Å². The maximum Gasteiger partial charge on any atom is 0.306 e. The molecule has 0 aliphatic carbocycles. The summed E-state index contributed by atoms with van der Waals surface area (Å²) in [7, 11) is 1.14. The molecule has 2 atom stereocenters. The van der Waals surface area contributed by atoms with E-state index in [9.17, 15) is 19.0 Å². The number of carbonyl (C=O) groups excluding carboxylic acids is 2. The Morgan fingerprint density at radius 3 is 1.80 bits per heavy atom. The maximum absolute atomic E-state index is 12.4. The molecule has 2 unspecified atom stereocenters. The second-order valence-electron chi connectivity index (χ2n) is 12.5. The molecule has 46 heavy (non-hydrogen) atoms. The van der Waals surface area contributed by atoms with Gasteiger partial charge in [0.15, 0.2) is 6.10 Å². The number of likely N-dealkylation sites (N-methyl/N-ethyl adjacent to an activating group) is 1. The fraction of sp³-hybridized carbons (Fsp3) is 0.722. The summed E-state index contributed by atoms with van der Waals surface area (Å²) in [5.74, 6) is -0.912. The lowest BCUT2D eigenvalue weighted by Crippen LogP contribution is -2.37. The summed E-state index contributed by atoms with van der Waals surface area (Å²) in [6.45, 7) is 3.68. The summed E-state index contributed by atoms with van der Waals surface area (Å²) < 4.78 is 33.1. The highest BCUT2D eigenvalue weighted by Gasteiger charge is 2.21. The van der Waals surface area contributed by atoms with Gasteiger partial charge in [0.2, 0.25) is 0 Å². The van der Waals surface area contributed by atoms with Crippen molar-refractivity contribution in [3.63, 3.8) is 0 Å². The van der Waals surface area contributed by atoms with Gasteiger partial charge in [0, 0.05) is 12.8 Å². The largest absolute Gasteiger partial charge is 0.756 e. The number of phosphoric ester groups is 1. The topological polar surface area (TPSA) is 111 Å². The number of esters is 2. The summed E-state index contributed by atoms with van der Waals surface area (Å²) in [6.07, 6.45) is 31.6. The third-order valence-electron chi connectivity index (χ3n) is 6.83. The van der Waals surface area contributed by atoms with Crippen LogP contribution in [-0.4, -0.2) is 70.0 Å². The molecule has 0 aliphatic rings. The van der Waals surface area contributed by atoms with Crippen molar-refractivity contribution in [3.8, 4) is 0 Å². The third kappa shape index (κ3) is 31.9. The van der Waals surface area contributed by atoms with Crippen LogP contribution in [0.25, 0.3) is 0 Å². The van der Waals surface area contributed by atoms with Crippen molar-refractivity contribution in [2.75, 3.05) is 47.5 Å². The molecule has 0 aromatic heterocycles. The van der Waals surface area contributed by atoms with Crippen molar-refractivity contribution >= 4 is 19.8 Å². The smallest absolute Gasteiger partial charge is 0.306 e. The number of nitrogens with zero attached hydrogens (tertiary/aromatic N) is 1. The van der Waals surface area contributed by atoms with E-state index >= 15 is 0 Å². The Balaban J connectivity index is 4.08. The first-order chi connectivity index (χ1) is 22.0. The van der Waals surface area contributed by atoms with E-state index in [0.717, 1.165) is 51.4 Å². The van der Waals surface area contributed by atoms with E-state index in [-0.39, 0.29) is 26.1 Å². The lowest BCUT2D eigenvalue weighted by atomic mass is 10.1. The van der Waals surface area contributed by atoms with E-state index in [1.807, 2.05) is 28.1 Å². The molecule has 0 aromatic carbocycles. The first-order valence-corrected chi connectivity index (χ1v) is 18.8. The summed E-state index contributed by atoms with van der Waals surface area (Å²) in [5, 5.41) is 0. The van der Waals surface area contributed by atoms with Gasteiger partial charge < -0.3 is 27.9 Å². The second-order valence-corrected chi connectivity index (χ2v) is 13.9. The van der Waals surface area contributed by atoms with Gasteiger partial charge in [0.1, 0.15) is 19.8 Å². The molecule has 0 amide bonds. The molecule has 0 spiro atoms. The maximum atomic E-state index is 12.4. The molecule has 0 saturated carbocycles. The minimum atomic E-state index is -4.60. The van der Waals surface area contributed by atoms with Crippen LogP contribution in [0.3, 0.4) is 0 Å². The predicted octanol–water partition coefficient (Wildman–Crippen LogP) is 8.16. The first-order valence-electron chi connectivity index (χ1n) is 17.3.